The smallest absolute Gasteiger partial charge is 0.308 e. The van der Waals surface area contributed by atoms with Crippen LogP contribution in [0.25, 0.3) is 22.6 Å². The zero-order valence-corrected chi connectivity index (χ0v) is 21.0. The molecular weight excluding hydrogens is 528 g/mol. The van der Waals surface area contributed by atoms with Gasteiger partial charge in [0.15, 0.2) is 11.2 Å². The van der Waals surface area contributed by atoms with Gasteiger partial charge in [-0.2, -0.15) is 18.3 Å². The van der Waals surface area contributed by atoms with Crippen LogP contribution in [0, 0.1) is 0 Å². The second kappa shape index (κ2) is 9.77. The second-order valence-electron chi connectivity index (χ2n) is 9.17. The minimum absolute atomic E-state index is 0.0200. The number of phosphoric ester groups is 1. The molecular formula is C23H24F3N6O5P. The monoisotopic (exact) mass is 552 g/mol. The van der Waals surface area contributed by atoms with Crippen LogP contribution >= 0.6 is 7.82 Å². The zero-order valence-electron chi connectivity index (χ0n) is 20.1. The van der Waals surface area contributed by atoms with Crippen LogP contribution in [0.15, 0.2) is 41.5 Å². The van der Waals surface area contributed by atoms with Gasteiger partial charge in [-0.15, -0.1) is 0 Å². The molecule has 3 aromatic heterocycles. The molecule has 3 heterocycles. The van der Waals surface area contributed by atoms with E-state index in [4.69, 9.17) is 4.52 Å². The van der Waals surface area contributed by atoms with Crippen LogP contribution in [0.1, 0.15) is 61.7 Å². The molecule has 1 unspecified atom stereocenters. The normalized spacial score (nSPS) is 15.3. The molecule has 0 bridgehead atoms. The average molecular weight is 552 g/mol. The molecule has 0 saturated heterocycles. The van der Waals surface area contributed by atoms with Crippen molar-refractivity contribution in [2.45, 2.75) is 57.5 Å². The number of nitrogens with zero attached hydrogens (tertiary/aromatic N) is 5. The molecule has 0 aliphatic heterocycles. The number of phosphoric acid groups is 1. The van der Waals surface area contributed by atoms with E-state index in [1.807, 2.05) is 0 Å². The quantitative estimate of drug-likeness (QED) is 0.260. The van der Waals surface area contributed by atoms with E-state index in [0.717, 1.165) is 25.0 Å². The van der Waals surface area contributed by atoms with Gasteiger partial charge in [0, 0.05) is 12.1 Å². The molecule has 1 fully saturated rings. The van der Waals surface area contributed by atoms with E-state index in [2.05, 4.69) is 20.1 Å². The summed E-state index contributed by atoms with van der Waals surface area (Å²) in [5.41, 5.74) is -0.479. The van der Waals surface area contributed by atoms with Crippen molar-refractivity contribution in [1.29, 1.82) is 0 Å². The fourth-order valence-electron chi connectivity index (χ4n) is 4.26. The number of alkyl halides is 3. The van der Waals surface area contributed by atoms with Gasteiger partial charge in [-0.25, -0.2) is 14.5 Å². The first-order valence-electron chi connectivity index (χ1n) is 11.9. The predicted octanol–water partition coefficient (Wildman–Crippen LogP) is 4.34. The molecule has 0 spiro atoms. The highest BCUT2D eigenvalue weighted by molar-refractivity contribution is 7.46. The van der Waals surface area contributed by atoms with Gasteiger partial charge >= 0.3 is 14.0 Å². The topological polar surface area (TPSA) is 148 Å². The maximum absolute atomic E-state index is 13.1. The summed E-state index contributed by atoms with van der Waals surface area (Å²) < 4.78 is 59.0. The molecule has 1 saturated carbocycles. The maximum atomic E-state index is 13.1. The van der Waals surface area contributed by atoms with Crippen molar-refractivity contribution in [3.63, 3.8) is 0 Å². The summed E-state index contributed by atoms with van der Waals surface area (Å²) in [6, 6.07) is 4.87. The van der Waals surface area contributed by atoms with Crippen LogP contribution in [0.3, 0.4) is 0 Å². The molecule has 4 aromatic rings. The van der Waals surface area contributed by atoms with Gasteiger partial charge in [-0.1, -0.05) is 25.5 Å². The Bertz CT molecular complexity index is 1590. The highest BCUT2D eigenvalue weighted by atomic mass is 31.2. The van der Waals surface area contributed by atoms with E-state index in [-0.39, 0.29) is 35.9 Å². The number of aromatic amines is 1. The van der Waals surface area contributed by atoms with E-state index in [1.54, 1.807) is 13.0 Å². The van der Waals surface area contributed by atoms with E-state index in [9.17, 15) is 32.3 Å². The summed E-state index contributed by atoms with van der Waals surface area (Å²) >= 11 is 0. The largest absolute Gasteiger partial charge is 0.471 e. The molecule has 15 heteroatoms. The molecule has 202 valence electrons. The Morgan fingerprint density at radius 3 is 2.68 bits per heavy atom. The van der Waals surface area contributed by atoms with Gasteiger partial charge in [0.05, 0.1) is 23.9 Å². The van der Waals surface area contributed by atoms with Gasteiger partial charge < -0.3 is 14.8 Å². The number of hydrogen-bond acceptors (Lipinski definition) is 6. The van der Waals surface area contributed by atoms with Crippen molar-refractivity contribution >= 4 is 19.0 Å². The predicted molar refractivity (Wildman–Crippen MR) is 129 cm³/mol. The molecule has 1 aromatic carbocycles. The van der Waals surface area contributed by atoms with Crippen LogP contribution in [0.2, 0.25) is 0 Å². The number of halogens is 3. The summed E-state index contributed by atoms with van der Waals surface area (Å²) in [5, 5.41) is 4.23. The summed E-state index contributed by atoms with van der Waals surface area (Å²) in [7, 11) is -4.95. The van der Waals surface area contributed by atoms with Crippen molar-refractivity contribution in [1.82, 2.24) is 29.3 Å². The van der Waals surface area contributed by atoms with Crippen LogP contribution in [-0.4, -0.2) is 39.1 Å². The van der Waals surface area contributed by atoms with Crippen LogP contribution in [0.5, 0.6) is 0 Å². The molecule has 0 amide bonds. The molecule has 1 aliphatic rings. The van der Waals surface area contributed by atoms with Gasteiger partial charge in [0.25, 0.3) is 5.56 Å². The number of benzene rings is 1. The SMILES string of the molecule is CCCC(OP(=O)(O)O)n1c(-c2cnn(Cc3cccc(C(F)(F)F)c3)c2)nc2c(=O)[nH]c(C3CC3)nc21. The lowest BCUT2D eigenvalue weighted by Gasteiger charge is -2.21. The average Bonchev–Trinajstić information content (AvgIpc) is 3.45. The van der Waals surface area contributed by atoms with Crippen molar-refractivity contribution in [2.24, 2.45) is 0 Å². The van der Waals surface area contributed by atoms with Gasteiger partial charge in [-0.05, 0) is 37.0 Å². The lowest BCUT2D eigenvalue weighted by Crippen LogP contribution is -2.16. The Kier molecular flexibility index (Phi) is 6.76. The molecule has 1 atom stereocenters. The molecule has 5 rings (SSSR count). The first kappa shape index (κ1) is 26.3. The van der Waals surface area contributed by atoms with Crippen molar-refractivity contribution in [2.75, 3.05) is 0 Å². The minimum Gasteiger partial charge on any atom is -0.308 e. The lowest BCUT2D eigenvalue weighted by atomic mass is 10.1. The van der Waals surface area contributed by atoms with Crippen LogP contribution in [0.4, 0.5) is 13.2 Å². The number of aromatic nitrogens is 6. The van der Waals surface area contributed by atoms with E-state index >= 15 is 0 Å². The molecule has 3 N–H and O–H groups in total. The van der Waals surface area contributed by atoms with Crippen molar-refractivity contribution < 1.29 is 32.0 Å². The third-order valence-corrected chi connectivity index (χ3v) is 6.62. The van der Waals surface area contributed by atoms with Gasteiger partial charge in [0.1, 0.15) is 17.9 Å². The number of nitrogens with one attached hydrogen (secondary N) is 1. The molecule has 11 nitrogen and oxygen atoms in total. The van der Waals surface area contributed by atoms with Gasteiger partial charge in [-0.3, -0.25) is 18.6 Å². The summed E-state index contributed by atoms with van der Waals surface area (Å²) in [4.78, 5) is 43.7. The molecule has 1 aliphatic carbocycles. The lowest BCUT2D eigenvalue weighted by molar-refractivity contribution is -0.137. The fraction of sp³-hybridized carbons (Fsp3) is 0.391. The number of hydrogen-bond donors (Lipinski definition) is 3. The van der Waals surface area contributed by atoms with Crippen molar-refractivity contribution in [3.8, 4) is 11.4 Å². The Morgan fingerprint density at radius 1 is 1.26 bits per heavy atom. The maximum Gasteiger partial charge on any atom is 0.471 e. The first-order chi connectivity index (χ1) is 17.9. The van der Waals surface area contributed by atoms with E-state index < -0.39 is 31.3 Å². The first-order valence-corrected chi connectivity index (χ1v) is 13.4. The molecule has 0 radical (unpaired) electrons. The number of H-pyrrole nitrogens is 1. The van der Waals surface area contributed by atoms with E-state index in [1.165, 1.54) is 27.7 Å². The summed E-state index contributed by atoms with van der Waals surface area (Å²) in [5.74, 6) is 0.677. The van der Waals surface area contributed by atoms with Crippen LogP contribution in [-0.2, 0) is 21.8 Å². The fourth-order valence-corrected chi connectivity index (χ4v) is 4.78. The number of imidazole rings is 1. The summed E-state index contributed by atoms with van der Waals surface area (Å²) in [6.07, 6.45) is -0.385. The zero-order chi connectivity index (χ0) is 27.2. The van der Waals surface area contributed by atoms with Crippen LogP contribution < -0.4 is 5.56 Å². The third kappa shape index (κ3) is 5.58. The highest BCUT2D eigenvalue weighted by Gasteiger charge is 2.32. The Hall–Kier alpha value is -3.32. The second-order valence-corrected chi connectivity index (χ2v) is 10.4. The van der Waals surface area contributed by atoms with E-state index in [0.29, 0.717) is 23.4 Å². The molecule has 38 heavy (non-hydrogen) atoms. The standard InChI is InChI=1S/C23H24F3N6O5P/c1-2-4-17(37-38(34,35)36)32-20(28-18-21(32)29-19(14-7-8-14)30-22(18)33)15-10-27-31(12-15)11-13-5-3-6-16(9-13)23(24,25)26/h3,5-6,9-10,12,14,17H,2,4,7-8,11H2,1H3,(H,29,30,33)(H2,34,35,36). The number of rotatable bonds is 9. The Morgan fingerprint density at radius 2 is 2.03 bits per heavy atom. The van der Waals surface area contributed by atoms with Crippen molar-refractivity contribution in [3.05, 3.63) is 64.0 Å². The van der Waals surface area contributed by atoms with Gasteiger partial charge in [0.2, 0.25) is 0 Å². The third-order valence-electron chi connectivity index (χ3n) is 6.11. The Balaban J connectivity index is 1.59. The Labute approximate surface area is 213 Å². The summed E-state index contributed by atoms with van der Waals surface area (Å²) in [6.45, 7) is 1.82. The minimum atomic E-state index is -4.95. The highest BCUT2D eigenvalue weighted by Crippen LogP contribution is 2.44. The number of fused-ring (bicyclic) bond motifs is 1.